The van der Waals surface area contributed by atoms with Crippen molar-refractivity contribution in [3.8, 4) is 6.07 Å². The Morgan fingerprint density at radius 2 is 2.18 bits per heavy atom. The highest BCUT2D eigenvalue weighted by Crippen LogP contribution is 2.45. The molecule has 0 spiro atoms. The van der Waals surface area contributed by atoms with Gasteiger partial charge in [-0.3, -0.25) is 4.79 Å². The molecule has 0 unspecified atom stereocenters. The van der Waals surface area contributed by atoms with Crippen LogP contribution in [0.1, 0.15) is 55.5 Å². The molecule has 2 aromatic rings. The quantitative estimate of drug-likeness (QED) is 0.885. The second kappa shape index (κ2) is 7.02. The maximum atomic E-state index is 14.6. The molecule has 1 saturated heterocycles. The molecule has 1 N–H and O–H groups in total. The minimum absolute atomic E-state index is 0.0402. The first kappa shape index (κ1) is 18.6. The van der Waals surface area contributed by atoms with E-state index in [1.807, 2.05) is 11.0 Å². The van der Waals surface area contributed by atoms with Crippen molar-refractivity contribution in [2.75, 3.05) is 13.1 Å². The molecule has 0 saturated carbocycles. The molecule has 3 heterocycles. The Morgan fingerprint density at radius 3 is 2.86 bits per heavy atom. The minimum Gasteiger partial charge on any atom is -0.383 e. The van der Waals surface area contributed by atoms with Gasteiger partial charge in [-0.15, -0.1) is 0 Å². The number of halogens is 1. The predicted molar refractivity (Wildman–Crippen MR) is 99.6 cm³/mol. The van der Waals surface area contributed by atoms with Crippen molar-refractivity contribution in [3.63, 3.8) is 0 Å². The molecule has 0 radical (unpaired) electrons. The Balaban J connectivity index is 1.58. The highest BCUT2D eigenvalue weighted by atomic mass is 19.1. The van der Waals surface area contributed by atoms with E-state index in [1.165, 1.54) is 6.07 Å². The molecule has 7 heteroatoms. The van der Waals surface area contributed by atoms with E-state index in [0.29, 0.717) is 30.3 Å². The molecule has 28 heavy (non-hydrogen) atoms. The van der Waals surface area contributed by atoms with E-state index in [-0.39, 0.29) is 24.3 Å². The molecule has 0 aliphatic carbocycles. The Kier molecular flexibility index (Phi) is 4.68. The molecule has 1 amide bonds. The van der Waals surface area contributed by atoms with Gasteiger partial charge in [-0.1, -0.05) is 13.0 Å². The molecule has 0 bridgehead atoms. The number of piperidine rings is 1. The maximum absolute atomic E-state index is 14.6. The van der Waals surface area contributed by atoms with Gasteiger partial charge in [-0.25, -0.2) is 9.37 Å². The number of rotatable bonds is 3. The topological polar surface area (TPSA) is 82.2 Å². The molecular weight excluding hydrogens is 359 g/mol. The second-order valence-electron chi connectivity index (χ2n) is 8.03. The van der Waals surface area contributed by atoms with E-state index >= 15 is 0 Å². The Hall–Kier alpha value is -2.72. The molecule has 2 aliphatic rings. The molecule has 2 aliphatic heterocycles. The van der Waals surface area contributed by atoms with Crippen molar-refractivity contribution in [1.82, 2.24) is 14.5 Å². The number of amides is 1. The number of carbonyl (C=O) groups is 1. The van der Waals surface area contributed by atoms with Crippen LogP contribution in [-0.4, -0.2) is 38.6 Å². The lowest BCUT2D eigenvalue weighted by Crippen LogP contribution is -2.41. The summed E-state index contributed by atoms with van der Waals surface area (Å²) >= 11 is 0. The van der Waals surface area contributed by atoms with Gasteiger partial charge in [-0.2, -0.15) is 5.26 Å². The Labute approximate surface area is 163 Å². The number of hydrogen-bond donors (Lipinski definition) is 1. The van der Waals surface area contributed by atoms with E-state index in [1.54, 1.807) is 29.2 Å². The lowest BCUT2D eigenvalue weighted by molar-refractivity contribution is -0.138. The minimum atomic E-state index is -1.39. The number of imidazole rings is 1. The summed E-state index contributed by atoms with van der Waals surface area (Å²) in [4.78, 5) is 18.7. The van der Waals surface area contributed by atoms with E-state index < -0.39 is 17.5 Å². The normalized spacial score (nSPS) is 24.8. The molecule has 1 fully saturated rings. The van der Waals surface area contributed by atoms with Crippen LogP contribution in [0.5, 0.6) is 0 Å². The first-order valence-electron chi connectivity index (χ1n) is 9.63. The molecule has 4 rings (SSSR count). The summed E-state index contributed by atoms with van der Waals surface area (Å²) in [6, 6.07) is 5.79. The summed E-state index contributed by atoms with van der Waals surface area (Å²) in [5.74, 6) is 0.0381. The van der Waals surface area contributed by atoms with Gasteiger partial charge in [0.25, 0.3) is 0 Å². The van der Waals surface area contributed by atoms with Gasteiger partial charge in [0.15, 0.2) is 0 Å². The number of nitriles is 1. The van der Waals surface area contributed by atoms with Crippen molar-refractivity contribution < 1.29 is 14.3 Å². The van der Waals surface area contributed by atoms with Crippen LogP contribution < -0.4 is 0 Å². The molecule has 1 aromatic carbocycles. The van der Waals surface area contributed by atoms with Gasteiger partial charge in [-0.05, 0) is 30.9 Å². The number of aromatic nitrogens is 2. The summed E-state index contributed by atoms with van der Waals surface area (Å²) in [5, 5.41) is 20.3. The van der Waals surface area contributed by atoms with Gasteiger partial charge < -0.3 is 14.6 Å². The zero-order valence-corrected chi connectivity index (χ0v) is 15.8. The molecule has 2 atom stereocenters. The second-order valence-corrected chi connectivity index (χ2v) is 8.03. The van der Waals surface area contributed by atoms with Crippen LogP contribution in [0.25, 0.3) is 0 Å². The largest absolute Gasteiger partial charge is 0.383 e. The van der Waals surface area contributed by atoms with E-state index in [2.05, 4.69) is 11.9 Å². The fourth-order valence-electron chi connectivity index (χ4n) is 4.35. The summed E-state index contributed by atoms with van der Waals surface area (Å²) in [6.07, 6.45) is 5.21. The van der Waals surface area contributed by atoms with Crippen molar-refractivity contribution in [1.29, 1.82) is 5.26 Å². The SMILES string of the molecule is CC1CCN(C(=O)C[C@@]2(O)C[C@H](c3ccc(C#N)cc3F)n3cncc32)CC1. The smallest absolute Gasteiger partial charge is 0.225 e. The predicted octanol–water partition coefficient (Wildman–Crippen LogP) is 2.72. The first-order valence-corrected chi connectivity index (χ1v) is 9.63. The highest BCUT2D eigenvalue weighted by molar-refractivity contribution is 5.77. The van der Waals surface area contributed by atoms with Crippen molar-refractivity contribution in [3.05, 3.63) is 53.4 Å². The molecule has 6 nitrogen and oxygen atoms in total. The molecular formula is C21H23FN4O2. The number of hydrogen-bond acceptors (Lipinski definition) is 4. The molecule has 146 valence electrons. The lowest BCUT2D eigenvalue weighted by atomic mass is 9.89. The van der Waals surface area contributed by atoms with E-state index in [4.69, 9.17) is 5.26 Å². The van der Waals surface area contributed by atoms with Gasteiger partial charge in [0.2, 0.25) is 5.91 Å². The summed E-state index contributed by atoms with van der Waals surface area (Å²) < 4.78 is 16.3. The third-order valence-electron chi connectivity index (χ3n) is 6.08. The zero-order chi connectivity index (χ0) is 19.9. The third kappa shape index (κ3) is 3.18. The van der Waals surface area contributed by atoms with Crippen LogP contribution in [0.3, 0.4) is 0 Å². The number of carbonyl (C=O) groups excluding carboxylic acids is 1. The Bertz CT molecular complexity index is 942. The third-order valence-corrected chi connectivity index (χ3v) is 6.08. The van der Waals surface area contributed by atoms with Crippen molar-refractivity contribution in [2.45, 2.75) is 44.2 Å². The van der Waals surface area contributed by atoms with E-state index in [9.17, 15) is 14.3 Å². The van der Waals surface area contributed by atoms with Crippen LogP contribution >= 0.6 is 0 Å². The standard InChI is InChI=1S/C21H23FN4O2/c1-14-4-6-25(7-5-14)20(27)10-21(28)9-18(26-13-24-12-19(21)26)16-3-2-15(11-23)8-17(16)22/h2-3,8,12-14,18,28H,4-7,9-10H2,1H3/t18-,21+/m1/s1. The highest BCUT2D eigenvalue weighted by Gasteiger charge is 2.46. The summed E-state index contributed by atoms with van der Waals surface area (Å²) in [5.41, 5.74) is -0.231. The fraction of sp³-hybridized carbons (Fsp3) is 0.476. The zero-order valence-electron chi connectivity index (χ0n) is 15.8. The number of benzene rings is 1. The number of aliphatic hydroxyl groups is 1. The van der Waals surface area contributed by atoms with Gasteiger partial charge in [0, 0.05) is 25.1 Å². The fourth-order valence-corrected chi connectivity index (χ4v) is 4.35. The number of likely N-dealkylation sites (tertiary alicyclic amines) is 1. The summed E-state index contributed by atoms with van der Waals surface area (Å²) in [6.45, 7) is 3.60. The molecule has 1 aromatic heterocycles. The van der Waals surface area contributed by atoms with E-state index in [0.717, 1.165) is 12.8 Å². The van der Waals surface area contributed by atoms with Crippen LogP contribution in [0.2, 0.25) is 0 Å². The average Bonchev–Trinajstić information content (AvgIpc) is 3.26. The lowest BCUT2D eigenvalue weighted by Gasteiger charge is -2.32. The van der Waals surface area contributed by atoms with Gasteiger partial charge >= 0.3 is 0 Å². The van der Waals surface area contributed by atoms with Crippen molar-refractivity contribution >= 4 is 5.91 Å². The van der Waals surface area contributed by atoms with Crippen LogP contribution in [0.15, 0.2) is 30.7 Å². The number of nitrogens with zero attached hydrogens (tertiary/aromatic N) is 4. The van der Waals surface area contributed by atoms with Crippen LogP contribution in [-0.2, 0) is 10.4 Å². The Morgan fingerprint density at radius 1 is 1.43 bits per heavy atom. The van der Waals surface area contributed by atoms with Gasteiger partial charge in [0.1, 0.15) is 11.4 Å². The maximum Gasteiger partial charge on any atom is 0.225 e. The van der Waals surface area contributed by atoms with Crippen LogP contribution in [0, 0.1) is 23.1 Å². The van der Waals surface area contributed by atoms with Gasteiger partial charge in [0.05, 0.1) is 42.3 Å². The average molecular weight is 382 g/mol. The first-order chi connectivity index (χ1) is 13.4. The monoisotopic (exact) mass is 382 g/mol. The van der Waals surface area contributed by atoms with Crippen LogP contribution in [0.4, 0.5) is 4.39 Å². The van der Waals surface area contributed by atoms with Crippen molar-refractivity contribution in [2.24, 2.45) is 5.92 Å². The summed E-state index contributed by atoms with van der Waals surface area (Å²) in [7, 11) is 0. The number of fused-ring (bicyclic) bond motifs is 1.